The van der Waals surface area contributed by atoms with Gasteiger partial charge in [0.05, 0.1) is 25.9 Å². The van der Waals surface area contributed by atoms with E-state index in [1.165, 1.54) is 5.56 Å². The molecule has 29 heavy (non-hydrogen) atoms. The lowest BCUT2D eigenvalue weighted by atomic mass is 10.0. The van der Waals surface area contributed by atoms with Crippen LogP contribution in [0.15, 0.2) is 61.2 Å². The van der Waals surface area contributed by atoms with Gasteiger partial charge in [-0.25, -0.2) is 4.98 Å². The van der Waals surface area contributed by atoms with Crippen LogP contribution in [0.2, 0.25) is 0 Å². The van der Waals surface area contributed by atoms with E-state index < -0.39 is 0 Å². The first-order valence-electron chi connectivity index (χ1n) is 9.25. The van der Waals surface area contributed by atoms with Crippen molar-refractivity contribution >= 4 is 16.7 Å². The Morgan fingerprint density at radius 1 is 0.966 bits per heavy atom. The van der Waals surface area contributed by atoms with Gasteiger partial charge < -0.3 is 14.8 Å². The molecule has 7 nitrogen and oxygen atoms in total. The molecule has 1 N–H and O–H groups in total. The molecule has 0 bridgehead atoms. The fourth-order valence-corrected chi connectivity index (χ4v) is 3.15. The van der Waals surface area contributed by atoms with Crippen molar-refractivity contribution in [3.05, 3.63) is 66.7 Å². The smallest absolute Gasteiger partial charge is 0.162 e. The molecule has 0 amide bonds. The van der Waals surface area contributed by atoms with Gasteiger partial charge >= 0.3 is 0 Å². The topological polar surface area (TPSA) is 82.1 Å². The van der Waals surface area contributed by atoms with Gasteiger partial charge in [0.1, 0.15) is 5.82 Å². The Bertz CT molecular complexity index is 1100. The predicted molar refractivity (Wildman–Crippen MR) is 112 cm³/mol. The zero-order chi connectivity index (χ0) is 20.1. The molecular weight excluding hydrogens is 366 g/mol. The number of hydrogen-bond donors (Lipinski definition) is 1. The lowest BCUT2D eigenvalue weighted by Crippen LogP contribution is -2.06. The summed E-state index contributed by atoms with van der Waals surface area (Å²) in [5.41, 5.74) is 3.81. The van der Waals surface area contributed by atoms with Crippen molar-refractivity contribution in [3.63, 3.8) is 0 Å². The molecule has 7 heteroatoms. The summed E-state index contributed by atoms with van der Waals surface area (Å²) >= 11 is 0. The van der Waals surface area contributed by atoms with Crippen molar-refractivity contribution < 1.29 is 9.47 Å². The van der Waals surface area contributed by atoms with Crippen molar-refractivity contribution in [2.24, 2.45) is 0 Å². The summed E-state index contributed by atoms with van der Waals surface area (Å²) in [6.07, 6.45) is 8.11. The molecular formula is C22H21N5O2. The van der Waals surface area contributed by atoms with Crippen LogP contribution in [0.1, 0.15) is 5.56 Å². The van der Waals surface area contributed by atoms with Gasteiger partial charge in [0.2, 0.25) is 0 Å². The molecule has 0 aliphatic carbocycles. The molecule has 0 saturated heterocycles. The van der Waals surface area contributed by atoms with Crippen molar-refractivity contribution in [1.29, 1.82) is 0 Å². The second-order valence-corrected chi connectivity index (χ2v) is 6.45. The molecule has 1 aromatic carbocycles. The predicted octanol–water partition coefficient (Wildman–Crippen LogP) is 3.76. The van der Waals surface area contributed by atoms with Crippen LogP contribution >= 0.6 is 0 Å². The molecule has 3 heterocycles. The Hall–Kier alpha value is -3.74. The molecule has 3 aromatic heterocycles. The molecule has 0 spiro atoms. The van der Waals surface area contributed by atoms with E-state index in [0.717, 1.165) is 40.8 Å². The molecule has 146 valence electrons. The number of nitrogens with one attached hydrogen (secondary N) is 1. The van der Waals surface area contributed by atoms with Crippen LogP contribution in [0, 0.1) is 0 Å². The number of aromatic nitrogens is 4. The lowest BCUT2D eigenvalue weighted by Gasteiger charge is -2.11. The van der Waals surface area contributed by atoms with Gasteiger partial charge in [-0.05, 0) is 36.2 Å². The average molecular weight is 387 g/mol. The Morgan fingerprint density at radius 2 is 1.83 bits per heavy atom. The molecule has 0 aliphatic heterocycles. The van der Waals surface area contributed by atoms with Crippen LogP contribution in [-0.4, -0.2) is 40.9 Å². The van der Waals surface area contributed by atoms with E-state index in [1.807, 2.05) is 42.7 Å². The van der Waals surface area contributed by atoms with E-state index in [-0.39, 0.29) is 0 Å². The van der Waals surface area contributed by atoms with Crippen LogP contribution < -0.4 is 14.8 Å². The maximum Gasteiger partial charge on any atom is 0.162 e. The van der Waals surface area contributed by atoms with Crippen molar-refractivity contribution in [3.8, 4) is 22.6 Å². The standard InChI is InChI=1S/C22H21N5O2/c1-28-20-10-17-18(14-26-27-19(17)11-21(20)29-2)16-5-6-22(25-13-16)24-9-7-15-4-3-8-23-12-15/h3-6,8,10-14H,7,9H2,1-2H3,(H,24,25). The number of benzene rings is 1. The number of anilines is 1. The fourth-order valence-electron chi connectivity index (χ4n) is 3.15. The van der Waals surface area contributed by atoms with Crippen LogP contribution in [-0.2, 0) is 6.42 Å². The third kappa shape index (κ3) is 4.08. The Morgan fingerprint density at radius 3 is 2.55 bits per heavy atom. The summed E-state index contributed by atoms with van der Waals surface area (Å²) in [7, 11) is 3.22. The number of nitrogens with zero attached hydrogens (tertiary/aromatic N) is 4. The van der Waals surface area contributed by atoms with Gasteiger partial charge in [-0.3, -0.25) is 4.98 Å². The first kappa shape index (κ1) is 18.6. The maximum absolute atomic E-state index is 5.43. The van der Waals surface area contributed by atoms with E-state index in [1.54, 1.807) is 26.6 Å². The summed E-state index contributed by atoms with van der Waals surface area (Å²) in [5, 5.41) is 12.6. The van der Waals surface area contributed by atoms with Crippen molar-refractivity contribution in [2.75, 3.05) is 26.1 Å². The second-order valence-electron chi connectivity index (χ2n) is 6.45. The van der Waals surface area contributed by atoms with Gasteiger partial charge in [0.15, 0.2) is 11.5 Å². The molecule has 0 fully saturated rings. The lowest BCUT2D eigenvalue weighted by molar-refractivity contribution is 0.356. The molecule has 0 aliphatic rings. The molecule has 4 rings (SSSR count). The summed E-state index contributed by atoms with van der Waals surface area (Å²) in [5.74, 6) is 2.09. The van der Waals surface area contributed by atoms with Crippen molar-refractivity contribution in [1.82, 2.24) is 20.2 Å². The van der Waals surface area contributed by atoms with Gasteiger partial charge in [0, 0.05) is 47.7 Å². The number of ether oxygens (including phenoxy) is 2. The van der Waals surface area contributed by atoms with Gasteiger partial charge in [-0.15, -0.1) is 0 Å². The summed E-state index contributed by atoms with van der Waals surface area (Å²) in [6, 6.07) is 11.7. The third-order valence-electron chi connectivity index (χ3n) is 4.66. The number of pyridine rings is 2. The average Bonchev–Trinajstić information content (AvgIpc) is 2.79. The largest absolute Gasteiger partial charge is 0.493 e. The highest BCUT2D eigenvalue weighted by atomic mass is 16.5. The van der Waals surface area contributed by atoms with E-state index in [2.05, 4.69) is 31.5 Å². The van der Waals surface area contributed by atoms with Crippen LogP contribution in [0.25, 0.3) is 22.0 Å². The summed E-state index contributed by atoms with van der Waals surface area (Å²) in [6.45, 7) is 0.786. The van der Waals surface area contributed by atoms with Crippen molar-refractivity contribution in [2.45, 2.75) is 6.42 Å². The maximum atomic E-state index is 5.43. The van der Waals surface area contributed by atoms with Crippen LogP contribution in [0.4, 0.5) is 5.82 Å². The SMILES string of the molecule is COc1cc2nncc(-c3ccc(NCCc4cccnc4)nc3)c2cc1OC. The molecule has 0 atom stereocenters. The zero-order valence-corrected chi connectivity index (χ0v) is 16.3. The normalized spacial score (nSPS) is 10.7. The molecule has 0 unspecified atom stereocenters. The third-order valence-corrected chi connectivity index (χ3v) is 4.66. The first-order valence-corrected chi connectivity index (χ1v) is 9.25. The van der Waals surface area contributed by atoms with E-state index in [4.69, 9.17) is 9.47 Å². The number of rotatable bonds is 7. The Kier molecular flexibility index (Phi) is 5.47. The van der Waals surface area contributed by atoms with E-state index in [9.17, 15) is 0 Å². The highest BCUT2D eigenvalue weighted by Crippen LogP contribution is 2.35. The fraction of sp³-hybridized carbons (Fsp3) is 0.182. The van der Waals surface area contributed by atoms with E-state index in [0.29, 0.717) is 11.5 Å². The summed E-state index contributed by atoms with van der Waals surface area (Å²) < 4.78 is 10.8. The summed E-state index contributed by atoms with van der Waals surface area (Å²) in [4.78, 5) is 8.67. The van der Waals surface area contributed by atoms with E-state index >= 15 is 0 Å². The first-order chi connectivity index (χ1) is 14.3. The number of methoxy groups -OCH3 is 2. The minimum Gasteiger partial charge on any atom is -0.493 e. The van der Waals surface area contributed by atoms with Gasteiger partial charge in [0.25, 0.3) is 0 Å². The molecule has 0 radical (unpaired) electrons. The Labute approximate surface area is 168 Å². The van der Waals surface area contributed by atoms with Crippen LogP contribution in [0.5, 0.6) is 11.5 Å². The monoisotopic (exact) mass is 387 g/mol. The Balaban J connectivity index is 1.55. The quantitative estimate of drug-likeness (QED) is 0.517. The van der Waals surface area contributed by atoms with Gasteiger partial charge in [-0.2, -0.15) is 10.2 Å². The number of hydrogen-bond acceptors (Lipinski definition) is 7. The highest BCUT2D eigenvalue weighted by Gasteiger charge is 2.12. The second kappa shape index (κ2) is 8.52. The van der Waals surface area contributed by atoms with Crippen LogP contribution in [0.3, 0.4) is 0 Å². The van der Waals surface area contributed by atoms with Gasteiger partial charge in [-0.1, -0.05) is 6.07 Å². The number of fused-ring (bicyclic) bond motifs is 1. The molecule has 4 aromatic rings. The zero-order valence-electron chi connectivity index (χ0n) is 16.3. The minimum absolute atomic E-state index is 0.623. The minimum atomic E-state index is 0.623. The highest BCUT2D eigenvalue weighted by molar-refractivity contribution is 5.95. The molecule has 0 saturated carbocycles.